The number of methoxy groups -OCH3 is 4. The largest absolute Gasteiger partial charge is 0.368 e. The first-order chi connectivity index (χ1) is 12.3. The van der Waals surface area contributed by atoms with Gasteiger partial charge in [-0.3, -0.25) is 0 Å². The van der Waals surface area contributed by atoms with Gasteiger partial charge in [-0.15, -0.1) is 0 Å². The molecule has 144 valence electrons. The van der Waals surface area contributed by atoms with E-state index in [2.05, 4.69) is 29.9 Å². The van der Waals surface area contributed by atoms with Gasteiger partial charge in [-0.05, 0) is 0 Å². The van der Waals surface area contributed by atoms with Crippen molar-refractivity contribution in [1.29, 1.82) is 0 Å². The topological polar surface area (TPSA) is 218 Å². The zero-order valence-corrected chi connectivity index (χ0v) is 14.8. The molecule has 0 saturated carbocycles. The van der Waals surface area contributed by atoms with Gasteiger partial charge < -0.3 is 41.9 Å². The zero-order chi connectivity index (χ0) is 19.7. The number of ether oxygens (including phenoxy) is 4. The molecule has 0 aliphatic heterocycles. The van der Waals surface area contributed by atoms with E-state index in [0.717, 1.165) is 0 Å². The Morgan fingerprint density at radius 3 is 1.46 bits per heavy atom. The lowest BCUT2D eigenvalue weighted by molar-refractivity contribution is -0.395. The second kappa shape index (κ2) is 9.52. The van der Waals surface area contributed by atoms with Crippen LogP contribution in [0.15, 0.2) is 6.33 Å². The number of anilines is 4. The molecule has 0 radical (unpaired) electrons. The summed E-state index contributed by atoms with van der Waals surface area (Å²) in [7, 11) is 5.61. The Morgan fingerprint density at radius 1 is 0.731 bits per heavy atom. The van der Waals surface area contributed by atoms with Gasteiger partial charge in [0.1, 0.15) is 6.33 Å². The lowest BCUT2D eigenvalue weighted by atomic mass is 10.2. The highest BCUT2D eigenvalue weighted by Gasteiger charge is 2.44. The molecule has 2 heterocycles. The minimum Gasteiger partial charge on any atom is -0.368 e. The molecule has 0 fully saturated rings. The van der Waals surface area contributed by atoms with Gasteiger partial charge in [0.2, 0.25) is 23.8 Å². The van der Waals surface area contributed by atoms with Gasteiger partial charge in [-0.2, -0.15) is 19.9 Å². The van der Waals surface area contributed by atoms with Crippen molar-refractivity contribution in [3.8, 4) is 0 Å². The SMILES string of the molecule is COC(c1nc(N)nc(N)n1)C(OC)(OC)OC.Nc1ncnc(N)n1. The molecule has 0 aliphatic rings. The zero-order valence-electron chi connectivity index (χ0n) is 14.8. The summed E-state index contributed by atoms with van der Waals surface area (Å²) >= 11 is 0. The third-order valence-electron chi connectivity index (χ3n) is 2.94. The van der Waals surface area contributed by atoms with E-state index >= 15 is 0 Å². The first kappa shape index (κ1) is 21.1. The standard InChI is InChI=1S/C9H17N5O4.C3H5N5/c1-15-5(9(16-2,17-3)18-4)6-12-7(10)14-8(11)13-6;4-2-6-1-7-3(5)8-2/h5H,1-4H3,(H4,10,11,12,13,14);1H,(H4,4,5,6,7,8). The first-order valence-electron chi connectivity index (χ1n) is 6.97. The highest BCUT2D eigenvalue weighted by atomic mass is 16.9. The maximum absolute atomic E-state index is 5.50. The molecule has 14 heteroatoms. The van der Waals surface area contributed by atoms with Crippen LogP contribution in [0.3, 0.4) is 0 Å². The van der Waals surface area contributed by atoms with E-state index in [9.17, 15) is 0 Å². The Kier molecular flexibility index (Phi) is 7.73. The fraction of sp³-hybridized carbons (Fsp3) is 0.500. The third-order valence-corrected chi connectivity index (χ3v) is 2.94. The lowest BCUT2D eigenvalue weighted by Gasteiger charge is -2.34. The molecule has 2 aromatic rings. The predicted octanol–water partition coefficient (Wildman–Crippen LogP) is -1.65. The first-order valence-corrected chi connectivity index (χ1v) is 6.97. The minimum atomic E-state index is -1.50. The second-order valence-electron chi connectivity index (χ2n) is 4.44. The Hall–Kier alpha value is -2.94. The normalized spacial score (nSPS) is 12.2. The van der Waals surface area contributed by atoms with Crippen molar-refractivity contribution >= 4 is 23.8 Å². The fourth-order valence-electron chi connectivity index (χ4n) is 1.85. The molecular formula is C12H22N10O4. The number of nitrogen functional groups attached to an aromatic ring is 4. The van der Waals surface area contributed by atoms with Crippen LogP contribution in [0.2, 0.25) is 0 Å². The van der Waals surface area contributed by atoms with Gasteiger partial charge in [0.05, 0.1) is 0 Å². The van der Waals surface area contributed by atoms with Crippen LogP contribution in [-0.4, -0.2) is 64.3 Å². The van der Waals surface area contributed by atoms with Crippen molar-refractivity contribution in [2.45, 2.75) is 12.1 Å². The molecule has 2 aromatic heterocycles. The highest BCUT2D eigenvalue weighted by Crippen LogP contribution is 2.31. The molecule has 0 amide bonds. The number of nitrogens with zero attached hydrogens (tertiary/aromatic N) is 6. The Balaban J connectivity index is 0.000000350. The summed E-state index contributed by atoms with van der Waals surface area (Å²) in [6.07, 6.45) is 0.377. The van der Waals surface area contributed by atoms with Crippen LogP contribution in [0.25, 0.3) is 0 Å². The van der Waals surface area contributed by atoms with Gasteiger partial charge >= 0.3 is 5.97 Å². The number of rotatable bonds is 6. The maximum atomic E-state index is 5.50. The Morgan fingerprint density at radius 2 is 1.15 bits per heavy atom. The number of aromatic nitrogens is 6. The number of hydrogen-bond acceptors (Lipinski definition) is 14. The average Bonchev–Trinajstić information content (AvgIpc) is 2.59. The van der Waals surface area contributed by atoms with Crippen LogP contribution in [0.4, 0.5) is 23.8 Å². The van der Waals surface area contributed by atoms with Gasteiger partial charge in [0.25, 0.3) is 0 Å². The van der Waals surface area contributed by atoms with E-state index < -0.39 is 12.1 Å². The van der Waals surface area contributed by atoms with E-state index in [1.54, 1.807) is 0 Å². The molecule has 26 heavy (non-hydrogen) atoms. The average molecular weight is 370 g/mol. The minimum absolute atomic E-state index is 0.0308. The van der Waals surface area contributed by atoms with E-state index in [1.165, 1.54) is 34.8 Å². The Bertz CT molecular complexity index is 654. The van der Waals surface area contributed by atoms with Gasteiger partial charge in [-0.25, -0.2) is 9.97 Å². The summed E-state index contributed by atoms with van der Waals surface area (Å²) < 4.78 is 20.8. The summed E-state index contributed by atoms with van der Waals surface area (Å²) in [5.41, 5.74) is 21.2. The van der Waals surface area contributed by atoms with Crippen molar-refractivity contribution in [1.82, 2.24) is 29.9 Å². The van der Waals surface area contributed by atoms with Gasteiger partial charge in [0.15, 0.2) is 11.9 Å². The highest BCUT2D eigenvalue weighted by molar-refractivity contribution is 5.26. The van der Waals surface area contributed by atoms with E-state index in [1.807, 2.05) is 0 Å². The van der Waals surface area contributed by atoms with Crippen molar-refractivity contribution in [3.05, 3.63) is 12.2 Å². The van der Waals surface area contributed by atoms with Crippen LogP contribution < -0.4 is 22.9 Å². The lowest BCUT2D eigenvalue weighted by Crippen LogP contribution is -2.44. The van der Waals surface area contributed by atoms with E-state index in [4.69, 9.17) is 41.9 Å². The molecule has 8 N–H and O–H groups in total. The van der Waals surface area contributed by atoms with E-state index in [0.29, 0.717) is 0 Å². The molecule has 1 atom stereocenters. The summed E-state index contributed by atoms with van der Waals surface area (Å²) in [5.74, 6) is -1.12. The van der Waals surface area contributed by atoms with Crippen LogP contribution in [-0.2, 0) is 18.9 Å². The van der Waals surface area contributed by atoms with Crippen LogP contribution >= 0.6 is 0 Å². The summed E-state index contributed by atoms with van der Waals surface area (Å²) in [4.78, 5) is 22.1. The van der Waals surface area contributed by atoms with Crippen molar-refractivity contribution in [3.63, 3.8) is 0 Å². The van der Waals surface area contributed by atoms with Crippen LogP contribution in [0.5, 0.6) is 0 Å². The molecule has 1 unspecified atom stereocenters. The molecule has 2 rings (SSSR count). The molecule has 14 nitrogen and oxygen atoms in total. The van der Waals surface area contributed by atoms with Gasteiger partial charge in [-0.1, -0.05) is 0 Å². The van der Waals surface area contributed by atoms with E-state index in [-0.39, 0.29) is 29.6 Å². The maximum Gasteiger partial charge on any atom is 0.317 e. The summed E-state index contributed by atoms with van der Waals surface area (Å²) in [5, 5.41) is 0. The molecule has 0 saturated heterocycles. The van der Waals surface area contributed by atoms with Crippen LogP contribution in [0.1, 0.15) is 11.9 Å². The molecular weight excluding hydrogens is 348 g/mol. The van der Waals surface area contributed by atoms with Gasteiger partial charge in [0, 0.05) is 28.4 Å². The van der Waals surface area contributed by atoms with Crippen molar-refractivity contribution in [2.75, 3.05) is 51.4 Å². The second-order valence-corrected chi connectivity index (χ2v) is 4.44. The fourth-order valence-corrected chi connectivity index (χ4v) is 1.85. The number of hydrogen-bond donors (Lipinski definition) is 4. The summed E-state index contributed by atoms with van der Waals surface area (Å²) in [6.45, 7) is 0. The smallest absolute Gasteiger partial charge is 0.317 e. The number of nitrogens with two attached hydrogens (primary N) is 4. The predicted molar refractivity (Wildman–Crippen MR) is 90.8 cm³/mol. The van der Waals surface area contributed by atoms with Crippen LogP contribution in [0, 0.1) is 0 Å². The molecule has 0 bridgehead atoms. The van der Waals surface area contributed by atoms with Crippen molar-refractivity contribution in [2.24, 2.45) is 0 Å². The molecule has 0 aromatic carbocycles. The van der Waals surface area contributed by atoms with Crippen molar-refractivity contribution < 1.29 is 18.9 Å². The molecule has 0 spiro atoms. The quantitative estimate of drug-likeness (QED) is 0.419. The Labute approximate surface area is 149 Å². The summed E-state index contributed by atoms with van der Waals surface area (Å²) in [6, 6.07) is 0. The third kappa shape index (κ3) is 5.28. The monoisotopic (exact) mass is 370 g/mol. The molecule has 0 aliphatic carbocycles.